The SMILES string of the molecule is CCN(CCC(=O)NC(=O)NC1CCCC1)CC(=O)Nc1c(Cl)cccc1Cl. The van der Waals surface area contributed by atoms with Crippen LogP contribution in [0.2, 0.25) is 10.0 Å². The van der Waals surface area contributed by atoms with Crippen molar-refractivity contribution in [2.75, 3.05) is 25.0 Å². The second-order valence-corrected chi connectivity index (χ2v) is 7.58. The molecule has 1 aliphatic rings. The van der Waals surface area contributed by atoms with Gasteiger partial charge in [0.25, 0.3) is 0 Å². The molecule has 0 bridgehead atoms. The van der Waals surface area contributed by atoms with Gasteiger partial charge in [-0.25, -0.2) is 4.79 Å². The number of nitrogens with zero attached hydrogens (tertiary/aromatic N) is 1. The standard InChI is InChI=1S/C19H26Cl2N4O3/c1-2-25(12-17(27)23-18-14(20)8-5-9-15(18)21)11-10-16(26)24-19(28)22-13-6-3-4-7-13/h5,8-9,13H,2-4,6-7,10-12H2,1H3,(H,23,27)(H2,22,24,26,28). The van der Waals surface area contributed by atoms with Crippen LogP contribution in [0.5, 0.6) is 0 Å². The highest BCUT2D eigenvalue weighted by Gasteiger charge is 2.19. The minimum atomic E-state index is -0.453. The molecule has 7 nitrogen and oxygen atoms in total. The number of urea groups is 1. The van der Waals surface area contributed by atoms with Gasteiger partial charge in [-0.05, 0) is 31.5 Å². The predicted molar refractivity (Wildman–Crippen MR) is 111 cm³/mol. The van der Waals surface area contributed by atoms with E-state index in [0.29, 0.717) is 28.8 Å². The predicted octanol–water partition coefficient (Wildman–Crippen LogP) is 3.41. The topological polar surface area (TPSA) is 90.5 Å². The van der Waals surface area contributed by atoms with Crippen LogP contribution in [0.1, 0.15) is 39.0 Å². The summed E-state index contributed by atoms with van der Waals surface area (Å²) in [6, 6.07) is 4.68. The third kappa shape index (κ3) is 7.30. The van der Waals surface area contributed by atoms with Gasteiger partial charge in [-0.2, -0.15) is 0 Å². The third-order valence-electron chi connectivity index (χ3n) is 4.64. The molecule has 0 aliphatic heterocycles. The molecular formula is C19H26Cl2N4O3. The van der Waals surface area contributed by atoms with E-state index in [9.17, 15) is 14.4 Å². The van der Waals surface area contributed by atoms with E-state index in [1.807, 2.05) is 6.92 Å². The van der Waals surface area contributed by atoms with E-state index in [1.165, 1.54) is 0 Å². The number of anilines is 1. The van der Waals surface area contributed by atoms with Gasteiger partial charge in [0.05, 0.1) is 22.3 Å². The summed E-state index contributed by atoms with van der Waals surface area (Å²) in [6.45, 7) is 2.90. The Balaban J connectivity index is 1.74. The van der Waals surface area contributed by atoms with Gasteiger partial charge in [-0.1, -0.05) is 49.0 Å². The first-order chi connectivity index (χ1) is 13.4. The number of hydrogen-bond donors (Lipinski definition) is 3. The van der Waals surface area contributed by atoms with Crippen molar-refractivity contribution in [1.82, 2.24) is 15.5 Å². The number of hydrogen-bond acceptors (Lipinski definition) is 4. The van der Waals surface area contributed by atoms with Gasteiger partial charge in [0.1, 0.15) is 0 Å². The lowest BCUT2D eigenvalue weighted by Gasteiger charge is -2.20. The van der Waals surface area contributed by atoms with Gasteiger partial charge in [0, 0.05) is 19.0 Å². The summed E-state index contributed by atoms with van der Waals surface area (Å²) >= 11 is 12.1. The summed E-state index contributed by atoms with van der Waals surface area (Å²) < 4.78 is 0. The number of likely N-dealkylation sites (N-methyl/N-ethyl adjacent to an activating group) is 1. The lowest BCUT2D eigenvalue weighted by atomic mass is 10.2. The summed E-state index contributed by atoms with van der Waals surface area (Å²) in [6.07, 6.45) is 4.23. The Bertz CT molecular complexity index is 688. The van der Waals surface area contributed by atoms with Crippen molar-refractivity contribution in [2.24, 2.45) is 0 Å². The molecule has 154 valence electrons. The van der Waals surface area contributed by atoms with Crippen LogP contribution in [0.15, 0.2) is 18.2 Å². The van der Waals surface area contributed by atoms with Gasteiger partial charge in [0.2, 0.25) is 11.8 Å². The molecule has 0 radical (unpaired) electrons. The fourth-order valence-electron chi connectivity index (χ4n) is 3.09. The summed E-state index contributed by atoms with van der Waals surface area (Å²) in [5.74, 6) is -0.653. The Hall–Kier alpha value is -1.83. The van der Waals surface area contributed by atoms with E-state index in [1.54, 1.807) is 23.1 Å². The Morgan fingerprint density at radius 1 is 1.11 bits per heavy atom. The zero-order chi connectivity index (χ0) is 20.5. The van der Waals surface area contributed by atoms with Crippen LogP contribution < -0.4 is 16.0 Å². The van der Waals surface area contributed by atoms with Crippen LogP contribution in [-0.2, 0) is 9.59 Å². The maximum Gasteiger partial charge on any atom is 0.321 e. The molecule has 0 spiro atoms. The van der Waals surface area contributed by atoms with Crippen LogP contribution in [0.25, 0.3) is 0 Å². The highest BCUT2D eigenvalue weighted by Crippen LogP contribution is 2.29. The summed E-state index contributed by atoms with van der Waals surface area (Å²) in [4.78, 5) is 37.9. The number of carbonyl (C=O) groups is 3. The van der Waals surface area contributed by atoms with Gasteiger partial charge in [0.15, 0.2) is 0 Å². The third-order valence-corrected chi connectivity index (χ3v) is 5.27. The van der Waals surface area contributed by atoms with E-state index < -0.39 is 6.03 Å². The number of para-hydroxylation sites is 1. The van der Waals surface area contributed by atoms with Gasteiger partial charge in [-0.15, -0.1) is 0 Å². The molecule has 1 aliphatic carbocycles. The molecule has 1 aromatic rings. The maximum atomic E-state index is 12.3. The van der Waals surface area contributed by atoms with E-state index in [-0.39, 0.29) is 30.8 Å². The average Bonchev–Trinajstić information content (AvgIpc) is 3.14. The highest BCUT2D eigenvalue weighted by atomic mass is 35.5. The van der Waals surface area contributed by atoms with E-state index in [0.717, 1.165) is 25.7 Å². The molecule has 0 unspecified atom stereocenters. The number of benzene rings is 1. The van der Waals surface area contributed by atoms with Crippen LogP contribution in [0.4, 0.5) is 10.5 Å². The van der Waals surface area contributed by atoms with Crippen LogP contribution >= 0.6 is 23.2 Å². The summed E-state index contributed by atoms with van der Waals surface area (Å²) in [7, 11) is 0. The molecule has 0 atom stereocenters. The first kappa shape index (κ1) is 22.5. The number of halogens is 2. The molecule has 0 heterocycles. The molecular weight excluding hydrogens is 403 g/mol. The zero-order valence-electron chi connectivity index (χ0n) is 15.9. The fraction of sp³-hybridized carbons (Fsp3) is 0.526. The molecule has 2 rings (SSSR count). The molecule has 4 amide bonds. The molecule has 9 heteroatoms. The number of carbonyl (C=O) groups excluding carboxylic acids is 3. The maximum absolute atomic E-state index is 12.3. The van der Waals surface area contributed by atoms with Crippen LogP contribution in [0, 0.1) is 0 Å². The quantitative estimate of drug-likeness (QED) is 0.591. The number of imide groups is 1. The van der Waals surface area contributed by atoms with E-state index in [2.05, 4.69) is 16.0 Å². The van der Waals surface area contributed by atoms with Crippen molar-refractivity contribution in [1.29, 1.82) is 0 Å². The van der Waals surface area contributed by atoms with Crippen molar-refractivity contribution in [3.8, 4) is 0 Å². The van der Waals surface area contributed by atoms with Crippen molar-refractivity contribution in [3.63, 3.8) is 0 Å². The van der Waals surface area contributed by atoms with Gasteiger partial charge < -0.3 is 10.6 Å². The largest absolute Gasteiger partial charge is 0.335 e. The fourth-order valence-corrected chi connectivity index (χ4v) is 3.58. The second-order valence-electron chi connectivity index (χ2n) is 6.77. The molecule has 1 saturated carbocycles. The number of rotatable bonds is 8. The Morgan fingerprint density at radius 2 is 1.75 bits per heavy atom. The normalized spacial score (nSPS) is 14.1. The smallest absolute Gasteiger partial charge is 0.321 e. The average molecular weight is 429 g/mol. The lowest BCUT2D eigenvalue weighted by Crippen LogP contribution is -2.44. The minimum Gasteiger partial charge on any atom is -0.335 e. The summed E-state index contributed by atoms with van der Waals surface area (Å²) in [5.41, 5.74) is 0.369. The van der Waals surface area contributed by atoms with E-state index in [4.69, 9.17) is 23.2 Å². The molecule has 0 aromatic heterocycles. The highest BCUT2D eigenvalue weighted by molar-refractivity contribution is 6.39. The van der Waals surface area contributed by atoms with Crippen molar-refractivity contribution in [3.05, 3.63) is 28.2 Å². The second kappa shape index (κ2) is 11.2. The Kier molecular flexibility index (Phi) is 9.02. The molecule has 0 saturated heterocycles. The van der Waals surface area contributed by atoms with Crippen molar-refractivity contribution >= 4 is 46.7 Å². The van der Waals surface area contributed by atoms with E-state index >= 15 is 0 Å². The summed E-state index contributed by atoms with van der Waals surface area (Å²) in [5, 5.41) is 8.56. The molecule has 1 aromatic carbocycles. The lowest BCUT2D eigenvalue weighted by molar-refractivity contribution is -0.121. The molecule has 1 fully saturated rings. The van der Waals surface area contributed by atoms with Gasteiger partial charge in [-0.3, -0.25) is 19.8 Å². The minimum absolute atomic E-state index is 0.0829. The van der Waals surface area contributed by atoms with Crippen LogP contribution in [-0.4, -0.2) is 48.4 Å². The van der Waals surface area contributed by atoms with Crippen molar-refractivity contribution in [2.45, 2.75) is 45.1 Å². The first-order valence-electron chi connectivity index (χ1n) is 9.45. The Labute approximate surface area is 175 Å². The zero-order valence-corrected chi connectivity index (χ0v) is 17.4. The molecule has 28 heavy (non-hydrogen) atoms. The molecule has 3 N–H and O–H groups in total. The van der Waals surface area contributed by atoms with Crippen LogP contribution in [0.3, 0.4) is 0 Å². The first-order valence-corrected chi connectivity index (χ1v) is 10.2. The number of amides is 4. The van der Waals surface area contributed by atoms with Crippen molar-refractivity contribution < 1.29 is 14.4 Å². The Morgan fingerprint density at radius 3 is 2.36 bits per heavy atom. The monoisotopic (exact) mass is 428 g/mol. The number of nitrogens with one attached hydrogen (secondary N) is 3. The van der Waals surface area contributed by atoms with Gasteiger partial charge >= 0.3 is 6.03 Å².